The van der Waals surface area contributed by atoms with Gasteiger partial charge in [-0.15, -0.1) is 0 Å². The Morgan fingerprint density at radius 3 is 2.65 bits per heavy atom. The molecule has 2 atom stereocenters. The largest absolute Gasteiger partial charge is 0.299 e. The van der Waals surface area contributed by atoms with Gasteiger partial charge in [0.2, 0.25) is 0 Å². The first kappa shape index (κ1) is 14.4. The monoisotopic (exact) mass is 238 g/mol. The van der Waals surface area contributed by atoms with Crippen LogP contribution in [0.3, 0.4) is 0 Å². The van der Waals surface area contributed by atoms with E-state index in [9.17, 15) is 9.59 Å². The van der Waals surface area contributed by atoms with Crippen LogP contribution in [-0.4, -0.2) is 11.6 Å². The van der Waals surface area contributed by atoms with Crippen molar-refractivity contribution in [2.75, 3.05) is 0 Å². The summed E-state index contributed by atoms with van der Waals surface area (Å²) in [5, 5.41) is 0. The van der Waals surface area contributed by atoms with Gasteiger partial charge in [-0.3, -0.25) is 9.59 Å². The Morgan fingerprint density at radius 2 is 2.06 bits per heavy atom. The van der Waals surface area contributed by atoms with Crippen molar-refractivity contribution in [1.82, 2.24) is 0 Å². The van der Waals surface area contributed by atoms with Gasteiger partial charge in [0, 0.05) is 12.8 Å². The van der Waals surface area contributed by atoms with Gasteiger partial charge in [-0.05, 0) is 31.1 Å². The van der Waals surface area contributed by atoms with E-state index in [-0.39, 0.29) is 17.5 Å². The standard InChI is InChI=1S/C15H26O2/c1-4-5-6-7-14(16)13-10-12(11(2)3)8-9-15(13)17/h11-13H,4-10H2,1-3H3. The smallest absolute Gasteiger partial charge is 0.143 e. The molecule has 1 fully saturated rings. The summed E-state index contributed by atoms with van der Waals surface area (Å²) in [5.41, 5.74) is 0. The molecule has 0 aromatic carbocycles. The first-order valence-corrected chi connectivity index (χ1v) is 7.11. The van der Waals surface area contributed by atoms with E-state index in [1.807, 2.05) is 0 Å². The molecule has 1 rings (SSSR count). The molecule has 1 aliphatic carbocycles. The summed E-state index contributed by atoms with van der Waals surface area (Å²) in [4.78, 5) is 23.8. The van der Waals surface area contributed by atoms with Crippen LogP contribution in [0.25, 0.3) is 0 Å². The Bertz CT molecular complexity index is 268. The third kappa shape index (κ3) is 4.25. The highest BCUT2D eigenvalue weighted by Crippen LogP contribution is 2.32. The number of hydrogen-bond donors (Lipinski definition) is 0. The molecule has 0 saturated heterocycles. The molecule has 2 heteroatoms. The van der Waals surface area contributed by atoms with Crippen molar-refractivity contribution in [3.8, 4) is 0 Å². The van der Waals surface area contributed by atoms with E-state index in [0.717, 1.165) is 32.1 Å². The van der Waals surface area contributed by atoms with Gasteiger partial charge in [-0.2, -0.15) is 0 Å². The second kappa shape index (κ2) is 6.93. The van der Waals surface area contributed by atoms with Crippen LogP contribution in [0.5, 0.6) is 0 Å². The number of carbonyl (C=O) groups excluding carboxylic acids is 2. The van der Waals surface area contributed by atoms with Crippen LogP contribution in [0, 0.1) is 17.8 Å². The van der Waals surface area contributed by atoms with Crippen LogP contribution in [0.2, 0.25) is 0 Å². The third-order valence-corrected chi connectivity index (χ3v) is 4.05. The minimum atomic E-state index is -0.270. The molecule has 0 heterocycles. The predicted molar refractivity (Wildman–Crippen MR) is 69.8 cm³/mol. The third-order valence-electron chi connectivity index (χ3n) is 4.05. The lowest BCUT2D eigenvalue weighted by Crippen LogP contribution is -2.32. The fourth-order valence-electron chi connectivity index (χ4n) is 2.69. The van der Waals surface area contributed by atoms with Gasteiger partial charge in [0.15, 0.2) is 0 Å². The van der Waals surface area contributed by atoms with Crippen molar-refractivity contribution in [2.24, 2.45) is 17.8 Å². The summed E-state index contributed by atoms with van der Waals surface area (Å²) in [6.07, 6.45) is 6.19. The molecule has 0 aliphatic heterocycles. The van der Waals surface area contributed by atoms with Crippen LogP contribution in [0.4, 0.5) is 0 Å². The summed E-state index contributed by atoms with van der Waals surface area (Å²) in [6, 6.07) is 0. The van der Waals surface area contributed by atoms with Crippen molar-refractivity contribution in [3.63, 3.8) is 0 Å². The number of rotatable bonds is 6. The van der Waals surface area contributed by atoms with Crippen molar-refractivity contribution < 1.29 is 9.59 Å². The van der Waals surface area contributed by atoms with E-state index in [1.165, 1.54) is 0 Å². The van der Waals surface area contributed by atoms with Gasteiger partial charge in [0.05, 0.1) is 5.92 Å². The molecule has 0 amide bonds. The van der Waals surface area contributed by atoms with E-state index >= 15 is 0 Å². The van der Waals surface area contributed by atoms with Crippen LogP contribution in [-0.2, 0) is 9.59 Å². The summed E-state index contributed by atoms with van der Waals surface area (Å²) < 4.78 is 0. The quantitative estimate of drug-likeness (QED) is 0.521. The van der Waals surface area contributed by atoms with Crippen LogP contribution in [0.1, 0.15) is 65.7 Å². The number of hydrogen-bond acceptors (Lipinski definition) is 2. The van der Waals surface area contributed by atoms with Crippen LogP contribution >= 0.6 is 0 Å². The van der Waals surface area contributed by atoms with Gasteiger partial charge in [0.25, 0.3) is 0 Å². The average molecular weight is 238 g/mol. The maximum atomic E-state index is 12.0. The van der Waals surface area contributed by atoms with Crippen molar-refractivity contribution in [2.45, 2.75) is 65.7 Å². The zero-order valence-corrected chi connectivity index (χ0v) is 11.5. The fraction of sp³-hybridized carbons (Fsp3) is 0.867. The predicted octanol–water partition coefficient (Wildman–Crippen LogP) is 3.78. The number of unbranched alkanes of at least 4 members (excludes halogenated alkanes) is 2. The van der Waals surface area contributed by atoms with Crippen LogP contribution < -0.4 is 0 Å². The lowest BCUT2D eigenvalue weighted by atomic mass is 9.73. The Hall–Kier alpha value is -0.660. The molecule has 0 aromatic rings. The molecule has 0 radical (unpaired) electrons. The van der Waals surface area contributed by atoms with Crippen LogP contribution in [0.15, 0.2) is 0 Å². The Kier molecular flexibility index (Phi) is 5.87. The molecule has 0 spiro atoms. The van der Waals surface area contributed by atoms with E-state index in [1.54, 1.807) is 0 Å². The van der Waals surface area contributed by atoms with Crippen molar-refractivity contribution in [3.05, 3.63) is 0 Å². The van der Waals surface area contributed by atoms with Gasteiger partial charge in [0.1, 0.15) is 11.6 Å². The molecule has 0 aromatic heterocycles. The first-order valence-electron chi connectivity index (χ1n) is 7.11. The molecule has 98 valence electrons. The minimum absolute atomic E-state index is 0.198. The molecular weight excluding hydrogens is 212 g/mol. The second-order valence-corrected chi connectivity index (χ2v) is 5.72. The summed E-state index contributed by atoms with van der Waals surface area (Å²) in [5.74, 6) is 1.28. The highest BCUT2D eigenvalue weighted by Gasteiger charge is 2.34. The maximum Gasteiger partial charge on any atom is 0.143 e. The highest BCUT2D eigenvalue weighted by molar-refractivity contribution is 6.02. The zero-order valence-electron chi connectivity index (χ0n) is 11.5. The maximum absolute atomic E-state index is 12.0. The molecule has 1 saturated carbocycles. The second-order valence-electron chi connectivity index (χ2n) is 5.72. The van der Waals surface area contributed by atoms with Crippen molar-refractivity contribution in [1.29, 1.82) is 0 Å². The van der Waals surface area contributed by atoms with E-state index in [4.69, 9.17) is 0 Å². The summed E-state index contributed by atoms with van der Waals surface area (Å²) in [7, 11) is 0. The highest BCUT2D eigenvalue weighted by atomic mass is 16.1. The topological polar surface area (TPSA) is 34.1 Å². The molecule has 0 bridgehead atoms. The number of carbonyl (C=O) groups is 2. The first-order chi connectivity index (χ1) is 8.06. The zero-order chi connectivity index (χ0) is 12.8. The Morgan fingerprint density at radius 1 is 1.35 bits per heavy atom. The van der Waals surface area contributed by atoms with E-state index in [2.05, 4.69) is 20.8 Å². The minimum Gasteiger partial charge on any atom is -0.299 e. The molecule has 1 aliphatic rings. The van der Waals surface area contributed by atoms with Gasteiger partial charge in [-0.1, -0.05) is 33.6 Å². The lowest BCUT2D eigenvalue weighted by molar-refractivity contribution is -0.135. The fourth-order valence-corrected chi connectivity index (χ4v) is 2.69. The summed E-state index contributed by atoms with van der Waals surface area (Å²) >= 11 is 0. The Balaban J connectivity index is 2.48. The van der Waals surface area contributed by atoms with Gasteiger partial charge < -0.3 is 0 Å². The normalized spacial score (nSPS) is 25.3. The SMILES string of the molecule is CCCCCC(=O)C1CC(C(C)C)CCC1=O. The molecule has 17 heavy (non-hydrogen) atoms. The van der Waals surface area contributed by atoms with Crippen molar-refractivity contribution >= 4 is 11.6 Å². The van der Waals surface area contributed by atoms with Gasteiger partial charge in [-0.25, -0.2) is 0 Å². The molecule has 2 unspecified atom stereocenters. The van der Waals surface area contributed by atoms with E-state index < -0.39 is 0 Å². The summed E-state index contributed by atoms with van der Waals surface area (Å²) in [6.45, 7) is 6.52. The molecule has 2 nitrogen and oxygen atoms in total. The molecular formula is C15H26O2. The Labute approximate surface area is 105 Å². The lowest BCUT2D eigenvalue weighted by Gasteiger charge is -2.29. The van der Waals surface area contributed by atoms with E-state index in [0.29, 0.717) is 24.7 Å². The number of Topliss-reactive ketones (excluding diaryl/α,β-unsaturated/α-hetero) is 2. The van der Waals surface area contributed by atoms with Gasteiger partial charge >= 0.3 is 0 Å². The number of ketones is 2. The molecule has 0 N–H and O–H groups in total. The average Bonchev–Trinajstić information content (AvgIpc) is 2.29.